The van der Waals surface area contributed by atoms with Gasteiger partial charge in [0.2, 0.25) is 12.7 Å². The van der Waals surface area contributed by atoms with Gasteiger partial charge in [-0.15, -0.1) is 0 Å². The van der Waals surface area contributed by atoms with E-state index >= 15 is 0 Å². The fraction of sp³-hybridized carbons (Fsp3) is 0.343. The predicted octanol–water partition coefficient (Wildman–Crippen LogP) is 4.47. The molecule has 0 aliphatic carbocycles. The molecule has 0 saturated carbocycles. The molecule has 2 aliphatic heterocycles. The molecule has 2 aliphatic rings. The van der Waals surface area contributed by atoms with Gasteiger partial charge in [-0.2, -0.15) is 0 Å². The molecule has 0 fully saturated rings. The summed E-state index contributed by atoms with van der Waals surface area (Å²) in [5.74, 6) is 0.787. The van der Waals surface area contributed by atoms with Crippen LogP contribution in [-0.4, -0.2) is 83.0 Å². The summed E-state index contributed by atoms with van der Waals surface area (Å²) < 4.78 is 19.2. The van der Waals surface area contributed by atoms with Crippen LogP contribution in [0.5, 0.6) is 17.2 Å². The number of carbonyl (C=O) groups is 3. The molecule has 6 rings (SSSR count). The van der Waals surface area contributed by atoms with Crippen molar-refractivity contribution in [3.8, 4) is 17.2 Å². The molecule has 3 N–H and O–H groups in total. The van der Waals surface area contributed by atoms with Gasteiger partial charge in [-0.1, -0.05) is 25.1 Å². The number of likely N-dealkylation sites (N-methyl/N-ethyl adjacent to an activating group) is 1. The number of benzene rings is 3. The minimum Gasteiger partial charge on any atom is -0.487 e. The van der Waals surface area contributed by atoms with E-state index in [1.54, 1.807) is 55.3 Å². The van der Waals surface area contributed by atoms with Crippen molar-refractivity contribution in [3.63, 3.8) is 0 Å². The second-order valence-corrected chi connectivity index (χ2v) is 12.2. The molecule has 0 bridgehead atoms. The van der Waals surface area contributed by atoms with Gasteiger partial charge in [-0.25, -0.2) is 4.79 Å². The Morgan fingerprint density at radius 1 is 1.02 bits per heavy atom. The monoisotopic (exact) mass is 641 g/mol. The lowest BCUT2D eigenvalue weighted by Crippen LogP contribution is -2.50. The lowest BCUT2D eigenvalue weighted by molar-refractivity contribution is -0.115. The highest BCUT2D eigenvalue weighted by atomic mass is 16.7. The van der Waals surface area contributed by atoms with Crippen LogP contribution in [0.15, 0.2) is 66.9 Å². The molecule has 1 aromatic heterocycles. The van der Waals surface area contributed by atoms with E-state index in [0.717, 1.165) is 16.5 Å². The van der Waals surface area contributed by atoms with Gasteiger partial charge in [0, 0.05) is 61.1 Å². The van der Waals surface area contributed by atoms with Crippen LogP contribution in [0.3, 0.4) is 0 Å². The van der Waals surface area contributed by atoms with Crippen molar-refractivity contribution in [2.24, 2.45) is 13.0 Å². The molecule has 246 valence electrons. The Balaban J connectivity index is 1.20. The van der Waals surface area contributed by atoms with Crippen LogP contribution in [-0.2, 0) is 18.3 Å². The van der Waals surface area contributed by atoms with Crippen molar-refractivity contribution in [2.75, 3.05) is 44.2 Å². The molecule has 47 heavy (non-hydrogen) atoms. The number of aliphatic hydroxyl groups excluding tert-OH is 1. The quantitative estimate of drug-likeness (QED) is 0.259. The highest BCUT2D eigenvalue weighted by Gasteiger charge is 2.34. The molecule has 3 aromatic carbocycles. The van der Waals surface area contributed by atoms with Gasteiger partial charge < -0.3 is 44.3 Å². The van der Waals surface area contributed by atoms with E-state index in [9.17, 15) is 19.5 Å². The SMILES string of the molecule is C[C@H]1CN([C@@H](C)CO)C(=O)c2cc(NC(=O)Cc3cn(C)c4ccccc34)ccc2O[C@@H]1CN(C)C(=O)Nc1ccc2c(c1)OCO2. The normalized spacial score (nSPS) is 17.7. The van der Waals surface area contributed by atoms with Gasteiger partial charge in [-0.3, -0.25) is 9.59 Å². The molecule has 4 amide bonds. The minimum atomic E-state index is -0.491. The maximum Gasteiger partial charge on any atom is 0.321 e. The Kier molecular flexibility index (Phi) is 8.95. The zero-order valence-electron chi connectivity index (χ0n) is 26.9. The number of amides is 4. The minimum absolute atomic E-state index is 0.137. The predicted molar refractivity (Wildman–Crippen MR) is 177 cm³/mol. The third-order valence-corrected chi connectivity index (χ3v) is 8.70. The van der Waals surface area contributed by atoms with Crippen molar-refractivity contribution in [1.29, 1.82) is 0 Å². The van der Waals surface area contributed by atoms with Crippen molar-refractivity contribution in [3.05, 3.63) is 78.0 Å². The van der Waals surface area contributed by atoms with Gasteiger partial charge >= 0.3 is 6.03 Å². The topological polar surface area (TPSA) is 135 Å². The Labute approximate surface area is 272 Å². The third kappa shape index (κ3) is 6.68. The molecule has 0 radical (unpaired) electrons. The lowest BCUT2D eigenvalue weighted by atomic mass is 9.99. The summed E-state index contributed by atoms with van der Waals surface area (Å²) >= 11 is 0. The first-order chi connectivity index (χ1) is 22.6. The maximum atomic E-state index is 13.9. The Morgan fingerprint density at radius 3 is 2.53 bits per heavy atom. The number of carbonyl (C=O) groups excluding carboxylic acids is 3. The fourth-order valence-electron chi connectivity index (χ4n) is 6.01. The number of ether oxygens (including phenoxy) is 3. The Bertz CT molecular complexity index is 1820. The summed E-state index contributed by atoms with van der Waals surface area (Å²) in [4.78, 5) is 43.3. The molecular weight excluding hydrogens is 602 g/mol. The highest BCUT2D eigenvalue weighted by molar-refractivity contribution is 6.01. The first-order valence-electron chi connectivity index (χ1n) is 15.6. The van der Waals surface area contributed by atoms with Gasteiger partial charge in [0.25, 0.3) is 5.91 Å². The first kappa shape index (κ1) is 31.7. The Hall–Kier alpha value is -5.23. The summed E-state index contributed by atoms with van der Waals surface area (Å²) in [7, 11) is 3.62. The summed E-state index contributed by atoms with van der Waals surface area (Å²) in [6.45, 7) is 4.15. The van der Waals surface area contributed by atoms with Crippen molar-refractivity contribution in [2.45, 2.75) is 32.4 Å². The second-order valence-electron chi connectivity index (χ2n) is 12.2. The van der Waals surface area contributed by atoms with E-state index in [1.165, 1.54) is 4.90 Å². The third-order valence-electron chi connectivity index (χ3n) is 8.70. The summed E-state index contributed by atoms with van der Waals surface area (Å²) in [5, 5.41) is 16.8. The van der Waals surface area contributed by atoms with Crippen molar-refractivity contribution in [1.82, 2.24) is 14.4 Å². The van der Waals surface area contributed by atoms with Crippen LogP contribution in [0.1, 0.15) is 29.8 Å². The number of para-hydroxylation sites is 1. The molecule has 0 saturated heterocycles. The highest BCUT2D eigenvalue weighted by Crippen LogP contribution is 2.35. The van der Waals surface area contributed by atoms with Crippen LogP contribution >= 0.6 is 0 Å². The molecular formula is C35H39N5O7. The molecule has 3 heterocycles. The second kappa shape index (κ2) is 13.2. The zero-order valence-corrected chi connectivity index (χ0v) is 26.9. The van der Waals surface area contributed by atoms with E-state index in [1.807, 2.05) is 49.0 Å². The van der Waals surface area contributed by atoms with Gasteiger partial charge in [0.15, 0.2) is 11.5 Å². The van der Waals surface area contributed by atoms with E-state index in [-0.39, 0.29) is 55.7 Å². The molecule has 0 unspecified atom stereocenters. The van der Waals surface area contributed by atoms with E-state index in [2.05, 4.69) is 10.6 Å². The van der Waals surface area contributed by atoms with Gasteiger partial charge in [0.05, 0.1) is 31.2 Å². The molecule has 4 aromatic rings. The molecule has 3 atom stereocenters. The number of rotatable bonds is 8. The van der Waals surface area contributed by atoms with E-state index < -0.39 is 12.1 Å². The fourth-order valence-corrected chi connectivity index (χ4v) is 6.01. The van der Waals surface area contributed by atoms with Crippen LogP contribution in [0.25, 0.3) is 10.9 Å². The van der Waals surface area contributed by atoms with Crippen LogP contribution in [0.4, 0.5) is 16.2 Å². The first-order valence-corrected chi connectivity index (χ1v) is 15.6. The number of hydrogen-bond acceptors (Lipinski definition) is 7. The number of anilines is 2. The smallest absolute Gasteiger partial charge is 0.321 e. The van der Waals surface area contributed by atoms with Crippen LogP contribution in [0, 0.1) is 5.92 Å². The summed E-state index contributed by atoms with van der Waals surface area (Å²) in [6.07, 6.45) is 1.62. The van der Waals surface area contributed by atoms with Gasteiger partial charge in [0.1, 0.15) is 11.9 Å². The number of aliphatic hydroxyl groups is 1. The number of nitrogens with one attached hydrogen (secondary N) is 2. The number of nitrogens with zero attached hydrogens (tertiary/aromatic N) is 3. The standard InChI is InChI=1S/C35H39N5O7/c1-21-16-40(22(2)19-41)34(43)27-14-24(36-33(42)13-23-17-38(3)28-8-6-5-7-26(23)28)9-11-29(27)47-32(21)18-39(4)35(44)37-25-10-12-30-31(15-25)46-20-45-30/h5-12,14-15,17,21-22,32,41H,13,16,18-20H2,1-4H3,(H,36,42)(H,37,44)/t21-,22-,32+/m0/s1. The lowest BCUT2D eigenvalue weighted by Gasteiger charge is -2.38. The van der Waals surface area contributed by atoms with Crippen LogP contribution < -0.4 is 24.8 Å². The summed E-state index contributed by atoms with van der Waals surface area (Å²) in [5.41, 5.74) is 3.21. The molecule has 12 heteroatoms. The summed E-state index contributed by atoms with van der Waals surface area (Å²) in [6, 6.07) is 17.3. The van der Waals surface area contributed by atoms with E-state index in [0.29, 0.717) is 35.2 Å². The van der Waals surface area contributed by atoms with E-state index in [4.69, 9.17) is 14.2 Å². The average molecular weight is 642 g/mol. The largest absolute Gasteiger partial charge is 0.487 e. The molecule has 12 nitrogen and oxygen atoms in total. The van der Waals surface area contributed by atoms with Crippen LogP contribution in [0.2, 0.25) is 0 Å². The number of urea groups is 1. The van der Waals surface area contributed by atoms with Gasteiger partial charge in [-0.05, 0) is 48.9 Å². The number of aryl methyl sites for hydroxylation is 1. The number of fused-ring (bicyclic) bond motifs is 3. The Morgan fingerprint density at radius 2 is 1.74 bits per heavy atom. The average Bonchev–Trinajstić information content (AvgIpc) is 3.66. The number of aromatic nitrogens is 1. The van der Waals surface area contributed by atoms with Crippen molar-refractivity contribution >= 4 is 40.1 Å². The molecule has 0 spiro atoms. The van der Waals surface area contributed by atoms with Crippen molar-refractivity contribution < 1.29 is 33.7 Å². The zero-order chi connectivity index (χ0) is 33.2. The number of hydrogen-bond donors (Lipinski definition) is 3. The maximum absolute atomic E-state index is 13.9.